The molecule has 0 aliphatic carbocycles. The summed E-state index contributed by atoms with van der Waals surface area (Å²) in [5.41, 5.74) is 0.310. The Morgan fingerprint density at radius 3 is 2.32 bits per heavy atom. The normalized spacial score (nSPS) is 18.6. The molecule has 1 aliphatic heterocycles. The van der Waals surface area contributed by atoms with Gasteiger partial charge in [0, 0.05) is 35.4 Å². The molecule has 34 heavy (non-hydrogen) atoms. The van der Waals surface area contributed by atoms with Gasteiger partial charge in [0.05, 0.1) is 21.4 Å². The molecular weight excluding hydrogens is 539 g/mol. The third-order valence-electron chi connectivity index (χ3n) is 5.92. The standard InChI is InChI=1S/C23H29Cl3N2O4S2/c1-17(11-13-27-12-3-4-18(15-27)16-33(2,29)30)28(23-14-20(25)7-10-22(23)26)34(31,32)21-8-5-19(24)6-9-21/h5-10,14,17-18H,3-4,11-13,15-16H2,1-2H3. The van der Waals surface area contributed by atoms with E-state index in [0.29, 0.717) is 35.2 Å². The number of anilines is 1. The highest BCUT2D eigenvalue weighted by atomic mass is 35.5. The molecule has 6 nitrogen and oxygen atoms in total. The van der Waals surface area contributed by atoms with Crippen LogP contribution in [0.1, 0.15) is 26.2 Å². The Kier molecular flexibility index (Phi) is 9.20. The Labute approximate surface area is 217 Å². The summed E-state index contributed by atoms with van der Waals surface area (Å²) < 4.78 is 52.2. The predicted octanol–water partition coefficient (Wildman–Crippen LogP) is 5.38. The molecule has 1 saturated heterocycles. The van der Waals surface area contributed by atoms with Crippen LogP contribution in [-0.2, 0) is 19.9 Å². The minimum atomic E-state index is -3.96. The smallest absolute Gasteiger partial charge is 0.264 e. The van der Waals surface area contributed by atoms with Gasteiger partial charge in [0.1, 0.15) is 9.84 Å². The molecule has 1 heterocycles. The number of halogens is 3. The summed E-state index contributed by atoms with van der Waals surface area (Å²) in [4.78, 5) is 2.31. The first-order chi connectivity index (χ1) is 15.9. The van der Waals surface area contributed by atoms with Crippen molar-refractivity contribution in [3.8, 4) is 0 Å². The van der Waals surface area contributed by atoms with Gasteiger partial charge in [0.2, 0.25) is 0 Å². The van der Waals surface area contributed by atoms with E-state index in [0.717, 1.165) is 19.4 Å². The first-order valence-electron chi connectivity index (χ1n) is 11.0. The molecule has 3 rings (SSSR count). The highest BCUT2D eigenvalue weighted by molar-refractivity contribution is 7.93. The van der Waals surface area contributed by atoms with Crippen molar-refractivity contribution in [1.82, 2.24) is 4.90 Å². The molecule has 2 atom stereocenters. The third kappa shape index (κ3) is 7.24. The number of benzene rings is 2. The summed E-state index contributed by atoms with van der Waals surface area (Å²) in [5.74, 6) is 0.268. The van der Waals surface area contributed by atoms with E-state index in [-0.39, 0.29) is 21.6 Å². The summed E-state index contributed by atoms with van der Waals surface area (Å²) in [5, 5.41) is 1.09. The highest BCUT2D eigenvalue weighted by Gasteiger charge is 2.32. The van der Waals surface area contributed by atoms with Gasteiger partial charge in [-0.05, 0) is 81.1 Å². The number of hydrogen-bond acceptors (Lipinski definition) is 5. The molecule has 0 saturated carbocycles. The van der Waals surface area contributed by atoms with Crippen LogP contribution in [0.15, 0.2) is 47.4 Å². The number of nitrogens with zero attached hydrogens (tertiary/aromatic N) is 2. The van der Waals surface area contributed by atoms with E-state index < -0.39 is 25.9 Å². The van der Waals surface area contributed by atoms with Crippen LogP contribution in [0.3, 0.4) is 0 Å². The number of likely N-dealkylation sites (tertiary alicyclic amines) is 1. The van der Waals surface area contributed by atoms with Gasteiger partial charge < -0.3 is 4.90 Å². The van der Waals surface area contributed by atoms with Crippen LogP contribution in [-0.4, -0.2) is 59.4 Å². The topological polar surface area (TPSA) is 74.8 Å². The molecule has 0 amide bonds. The number of hydrogen-bond donors (Lipinski definition) is 0. The van der Waals surface area contributed by atoms with Crippen molar-refractivity contribution in [1.29, 1.82) is 0 Å². The summed E-state index contributed by atoms with van der Waals surface area (Å²) >= 11 is 18.6. The molecule has 2 aromatic carbocycles. The van der Waals surface area contributed by atoms with Gasteiger partial charge in [-0.25, -0.2) is 16.8 Å². The zero-order valence-electron chi connectivity index (χ0n) is 19.1. The summed E-state index contributed by atoms with van der Waals surface area (Å²) in [7, 11) is -7.00. The van der Waals surface area contributed by atoms with Gasteiger partial charge in [-0.1, -0.05) is 34.8 Å². The number of rotatable bonds is 9. The zero-order valence-corrected chi connectivity index (χ0v) is 23.0. The molecule has 11 heteroatoms. The van der Waals surface area contributed by atoms with Crippen LogP contribution in [0.4, 0.5) is 5.69 Å². The van der Waals surface area contributed by atoms with Crippen molar-refractivity contribution in [2.75, 3.05) is 35.9 Å². The Bertz CT molecular complexity index is 1210. The molecule has 2 aromatic rings. The molecule has 0 aromatic heterocycles. The summed E-state index contributed by atoms with van der Waals surface area (Å²) in [6.07, 6.45) is 3.60. The van der Waals surface area contributed by atoms with Crippen molar-refractivity contribution < 1.29 is 16.8 Å². The van der Waals surface area contributed by atoms with Gasteiger partial charge in [-0.3, -0.25) is 4.31 Å². The van der Waals surface area contributed by atoms with E-state index in [1.807, 2.05) is 6.92 Å². The molecule has 2 unspecified atom stereocenters. The van der Waals surface area contributed by atoms with Crippen molar-refractivity contribution >= 4 is 60.4 Å². The molecule has 0 bridgehead atoms. The lowest BCUT2D eigenvalue weighted by Gasteiger charge is -2.35. The van der Waals surface area contributed by atoms with Gasteiger partial charge in [-0.15, -0.1) is 0 Å². The number of sulfonamides is 1. The van der Waals surface area contributed by atoms with E-state index >= 15 is 0 Å². The van der Waals surface area contributed by atoms with Crippen LogP contribution in [0, 0.1) is 5.92 Å². The maximum atomic E-state index is 13.7. The van der Waals surface area contributed by atoms with Gasteiger partial charge in [-0.2, -0.15) is 0 Å². The molecule has 0 spiro atoms. The Morgan fingerprint density at radius 1 is 1.03 bits per heavy atom. The van der Waals surface area contributed by atoms with Gasteiger partial charge >= 0.3 is 0 Å². The molecule has 0 N–H and O–H groups in total. The fourth-order valence-electron chi connectivity index (χ4n) is 4.38. The minimum Gasteiger partial charge on any atom is -0.303 e. The van der Waals surface area contributed by atoms with E-state index in [2.05, 4.69) is 4.90 Å². The van der Waals surface area contributed by atoms with E-state index in [1.165, 1.54) is 34.8 Å². The average Bonchev–Trinajstić information content (AvgIpc) is 2.74. The Morgan fingerprint density at radius 2 is 1.68 bits per heavy atom. The Balaban J connectivity index is 1.85. The van der Waals surface area contributed by atoms with Gasteiger partial charge in [0.15, 0.2) is 0 Å². The molecule has 188 valence electrons. The van der Waals surface area contributed by atoms with E-state index in [9.17, 15) is 16.8 Å². The molecule has 1 aliphatic rings. The van der Waals surface area contributed by atoms with Crippen LogP contribution < -0.4 is 4.31 Å². The van der Waals surface area contributed by atoms with Crippen LogP contribution >= 0.6 is 34.8 Å². The lowest BCUT2D eigenvalue weighted by molar-refractivity contribution is 0.181. The predicted molar refractivity (Wildman–Crippen MR) is 141 cm³/mol. The molecule has 1 fully saturated rings. The lowest BCUT2D eigenvalue weighted by atomic mass is 9.99. The van der Waals surface area contributed by atoms with E-state index in [4.69, 9.17) is 34.8 Å². The number of piperidine rings is 1. The molecule has 0 radical (unpaired) electrons. The SMILES string of the molecule is CC(CCN1CCCC(CS(C)(=O)=O)C1)N(c1cc(Cl)ccc1Cl)S(=O)(=O)c1ccc(Cl)cc1. The second-order valence-electron chi connectivity index (χ2n) is 8.89. The van der Waals surface area contributed by atoms with Crippen molar-refractivity contribution in [3.05, 3.63) is 57.5 Å². The largest absolute Gasteiger partial charge is 0.303 e. The first kappa shape index (κ1) is 27.6. The van der Waals surface area contributed by atoms with Crippen LogP contribution in [0.2, 0.25) is 15.1 Å². The van der Waals surface area contributed by atoms with Crippen molar-refractivity contribution in [2.24, 2.45) is 5.92 Å². The average molecular weight is 568 g/mol. The van der Waals surface area contributed by atoms with Gasteiger partial charge in [0.25, 0.3) is 10.0 Å². The van der Waals surface area contributed by atoms with Crippen LogP contribution in [0.5, 0.6) is 0 Å². The van der Waals surface area contributed by atoms with Crippen molar-refractivity contribution in [3.63, 3.8) is 0 Å². The third-order valence-corrected chi connectivity index (χ3v) is 9.75. The maximum absolute atomic E-state index is 13.7. The zero-order chi connectivity index (χ0) is 25.1. The second-order valence-corrected chi connectivity index (χ2v) is 14.2. The first-order valence-corrected chi connectivity index (χ1v) is 15.7. The quantitative estimate of drug-likeness (QED) is 0.407. The summed E-state index contributed by atoms with van der Waals surface area (Å²) in [6, 6.07) is 10.3. The Hall–Kier alpha value is -1.03. The molecular formula is C23H29Cl3N2O4S2. The number of sulfone groups is 1. The maximum Gasteiger partial charge on any atom is 0.264 e. The summed E-state index contributed by atoms with van der Waals surface area (Å²) in [6.45, 7) is 4.01. The van der Waals surface area contributed by atoms with Crippen LogP contribution in [0.25, 0.3) is 0 Å². The fourth-order valence-corrected chi connectivity index (χ4v) is 7.76. The highest BCUT2D eigenvalue weighted by Crippen LogP contribution is 2.35. The lowest BCUT2D eigenvalue weighted by Crippen LogP contribution is -2.43. The minimum absolute atomic E-state index is 0.0929. The fraction of sp³-hybridized carbons (Fsp3) is 0.478. The van der Waals surface area contributed by atoms with E-state index in [1.54, 1.807) is 18.2 Å². The second kappa shape index (κ2) is 11.4. The van der Waals surface area contributed by atoms with Crippen molar-refractivity contribution in [2.45, 2.75) is 37.1 Å². The monoisotopic (exact) mass is 566 g/mol.